The fourth-order valence-corrected chi connectivity index (χ4v) is 11.0. The van der Waals surface area contributed by atoms with E-state index in [-0.39, 0.29) is 21.7 Å². The van der Waals surface area contributed by atoms with Gasteiger partial charge in [-0.15, -0.1) is 0 Å². The van der Waals surface area contributed by atoms with Gasteiger partial charge in [0.2, 0.25) is 0 Å². The van der Waals surface area contributed by atoms with Crippen molar-refractivity contribution in [3.05, 3.63) is 213 Å². The Balaban J connectivity index is 1.38. The van der Waals surface area contributed by atoms with E-state index in [1.165, 1.54) is 11.1 Å². The predicted octanol–water partition coefficient (Wildman–Crippen LogP) is 9.45. The van der Waals surface area contributed by atoms with Crippen LogP contribution in [0.3, 0.4) is 0 Å². The Morgan fingerprint density at radius 1 is 0.295 bits per heavy atom. The van der Waals surface area contributed by atoms with Crippen molar-refractivity contribution in [2.24, 2.45) is 0 Å². The Morgan fingerprint density at radius 2 is 0.545 bits per heavy atom. The highest BCUT2D eigenvalue weighted by Crippen LogP contribution is 2.78. The molecular formula is C44H34. The van der Waals surface area contributed by atoms with Crippen molar-refractivity contribution in [1.82, 2.24) is 0 Å². The standard InChI is InChI=1S/C44H34/c1-3-15-31(16-4-1)27-41-29-43-39-25-13-9-21-35(39)42(28-32-17-5-2-6-18-32,36-22-10-14-26-40(36)43)30-44(43,37-23-11-7-19-33(37)41)38-24-12-8-20-34(38)41/h1-26H,27-30H2. The lowest BCUT2D eigenvalue weighted by Crippen LogP contribution is -2.71. The van der Waals surface area contributed by atoms with Gasteiger partial charge in [0.05, 0.1) is 0 Å². The minimum absolute atomic E-state index is 0.132. The van der Waals surface area contributed by atoms with Gasteiger partial charge in [0.1, 0.15) is 0 Å². The first-order valence-electron chi connectivity index (χ1n) is 16.2. The largest absolute Gasteiger partial charge is 0.0622 e. The second-order valence-electron chi connectivity index (χ2n) is 13.8. The van der Waals surface area contributed by atoms with Gasteiger partial charge in [-0.05, 0) is 81.3 Å². The van der Waals surface area contributed by atoms with E-state index >= 15 is 0 Å². The van der Waals surface area contributed by atoms with E-state index < -0.39 is 0 Å². The van der Waals surface area contributed by atoms with Gasteiger partial charge >= 0.3 is 0 Å². The first-order valence-corrected chi connectivity index (χ1v) is 16.2. The Kier molecular flexibility index (Phi) is 4.77. The summed E-state index contributed by atoms with van der Waals surface area (Å²) in [4.78, 5) is 0. The highest BCUT2D eigenvalue weighted by molar-refractivity contribution is 5.78. The summed E-state index contributed by atoms with van der Waals surface area (Å²) >= 11 is 0. The molecular weight excluding hydrogens is 528 g/mol. The molecule has 0 heteroatoms. The maximum Gasteiger partial charge on any atom is 0.0358 e. The molecule has 6 aromatic rings. The van der Waals surface area contributed by atoms with Gasteiger partial charge in [0, 0.05) is 21.7 Å². The number of hydrogen-bond acceptors (Lipinski definition) is 0. The van der Waals surface area contributed by atoms with Crippen LogP contribution in [0, 0.1) is 0 Å². The Bertz CT molecular complexity index is 1830. The molecule has 0 amide bonds. The second kappa shape index (κ2) is 8.48. The van der Waals surface area contributed by atoms with Crippen LogP contribution in [0.2, 0.25) is 0 Å². The Hall–Kier alpha value is -4.68. The normalized spacial score (nSPS) is 27.9. The molecule has 2 spiro atoms. The maximum atomic E-state index is 2.51. The van der Waals surface area contributed by atoms with Crippen molar-refractivity contribution in [2.45, 2.75) is 47.3 Å². The van der Waals surface area contributed by atoms with Crippen molar-refractivity contribution < 1.29 is 0 Å². The molecule has 12 rings (SSSR count). The summed E-state index contributed by atoms with van der Waals surface area (Å²) in [5.41, 5.74) is 14.7. The highest BCUT2D eigenvalue weighted by Gasteiger charge is 2.75. The quantitative estimate of drug-likeness (QED) is 0.201. The van der Waals surface area contributed by atoms with Crippen molar-refractivity contribution >= 4 is 0 Å². The van der Waals surface area contributed by atoms with Gasteiger partial charge < -0.3 is 0 Å². The molecule has 0 atom stereocenters. The molecule has 0 aromatic heterocycles. The molecule has 0 unspecified atom stereocenters. The molecule has 0 heterocycles. The van der Waals surface area contributed by atoms with Crippen LogP contribution in [-0.2, 0) is 34.5 Å². The average Bonchev–Trinajstić information content (AvgIpc) is 3.10. The van der Waals surface area contributed by atoms with Crippen molar-refractivity contribution in [1.29, 1.82) is 0 Å². The number of hydrogen-bond donors (Lipinski definition) is 0. The SMILES string of the molecule is c1ccc(CC23CC45c6ccccc6C(Cc6ccccc6)(CC4(c4ccccc42)c2ccccc23)c2ccccc25)cc1. The summed E-state index contributed by atoms with van der Waals surface area (Å²) in [5, 5.41) is 0. The summed E-state index contributed by atoms with van der Waals surface area (Å²) in [7, 11) is 0. The van der Waals surface area contributed by atoms with Gasteiger partial charge in [0.25, 0.3) is 0 Å². The third-order valence-electron chi connectivity index (χ3n) is 12.2. The summed E-state index contributed by atoms with van der Waals surface area (Å²) in [6, 6.07) is 60.8. The fraction of sp³-hybridized carbons (Fsp3) is 0.182. The molecule has 0 nitrogen and oxygen atoms in total. The van der Waals surface area contributed by atoms with Crippen LogP contribution in [0.1, 0.15) is 68.5 Å². The van der Waals surface area contributed by atoms with E-state index in [0.717, 1.165) is 25.7 Å². The molecule has 210 valence electrons. The lowest BCUT2D eigenvalue weighted by Gasteiger charge is -2.73. The zero-order chi connectivity index (χ0) is 29.0. The monoisotopic (exact) mass is 562 g/mol. The van der Waals surface area contributed by atoms with Crippen LogP contribution in [-0.4, -0.2) is 0 Å². The Morgan fingerprint density at radius 3 is 0.841 bits per heavy atom. The van der Waals surface area contributed by atoms with Gasteiger partial charge in [0.15, 0.2) is 0 Å². The minimum Gasteiger partial charge on any atom is -0.0622 e. The van der Waals surface area contributed by atoms with E-state index in [2.05, 4.69) is 158 Å². The molecule has 0 aliphatic heterocycles. The number of rotatable bonds is 4. The molecule has 0 saturated carbocycles. The Labute approximate surface area is 260 Å². The molecule has 6 aliphatic rings. The van der Waals surface area contributed by atoms with Gasteiger partial charge in [-0.1, -0.05) is 158 Å². The van der Waals surface area contributed by atoms with Crippen LogP contribution in [0.25, 0.3) is 0 Å². The first-order chi connectivity index (χ1) is 21.7. The summed E-state index contributed by atoms with van der Waals surface area (Å²) in [6.45, 7) is 0. The predicted molar refractivity (Wildman–Crippen MR) is 178 cm³/mol. The van der Waals surface area contributed by atoms with Crippen LogP contribution < -0.4 is 0 Å². The summed E-state index contributed by atoms with van der Waals surface area (Å²) in [6.07, 6.45) is 4.16. The van der Waals surface area contributed by atoms with Gasteiger partial charge in [-0.25, -0.2) is 0 Å². The second-order valence-corrected chi connectivity index (χ2v) is 13.8. The van der Waals surface area contributed by atoms with E-state index in [4.69, 9.17) is 0 Å². The van der Waals surface area contributed by atoms with Crippen LogP contribution >= 0.6 is 0 Å². The number of benzene rings is 6. The molecule has 0 N–H and O–H groups in total. The molecule has 44 heavy (non-hydrogen) atoms. The van der Waals surface area contributed by atoms with Crippen molar-refractivity contribution in [3.63, 3.8) is 0 Å². The van der Waals surface area contributed by atoms with Crippen LogP contribution in [0.5, 0.6) is 0 Å². The molecule has 4 bridgehead atoms. The van der Waals surface area contributed by atoms with E-state index in [1.54, 1.807) is 44.5 Å². The van der Waals surface area contributed by atoms with Gasteiger partial charge in [-0.2, -0.15) is 0 Å². The van der Waals surface area contributed by atoms with E-state index in [0.29, 0.717) is 0 Å². The van der Waals surface area contributed by atoms with E-state index in [1.807, 2.05) is 0 Å². The molecule has 6 aromatic carbocycles. The van der Waals surface area contributed by atoms with E-state index in [9.17, 15) is 0 Å². The zero-order valence-electron chi connectivity index (χ0n) is 24.8. The average molecular weight is 563 g/mol. The van der Waals surface area contributed by atoms with Crippen molar-refractivity contribution in [3.8, 4) is 0 Å². The van der Waals surface area contributed by atoms with Crippen molar-refractivity contribution in [2.75, 3.05) is 0 Å². The zero-order valence-corrected chi connectivity index (χ0v) is 24.8. The third kappa shape index (κ3) is 2.73. The molecule has 0 saturated heterocycles. The summed E-state index contributed by atoms with van der Waals surface area (Å²) in [5.74, 6) is 0. The fourth-order valence-electron chi connectivity index (χ4n) is 11.0. The summed E-state index contributed by atoms with van der Waals surface area (Å²) < 4.78 is 0. The smallest absolute Gasteiger partial charge is 0.0358 e. The minimum atomic E-state index is -0.157. The first kappa shape index (κ1) is 24.7. The highest BCUT2D eigenvalue weighted by atomic mass is 14.8. The van der Waals surface area contributed by atoms with Gasteiger partial charge in [-0.3, -0.25) is 0 Å². The third-order valence-corrected chi connectivity index (χ3v) is 12.2. The van der Waals surface area contributed by atoms with Crippen LogP contribution in [0.4, 0.5) is 0 Å². The van der Waals surface area contributed by atoms with Crippen LogP contribution in [0.15, 0.2) is 158 Å². The lowest BCUT2D eigenvalue weighted by atomic mass is 9.28. The topological polar surface area (TPSA) is 0 Å². The molecule has 6 aliphatic carbocycles. The lowest BCUT2D eigenvalue weighted by molar-refractivity contribution is 0.103. The molecule has 0 fully saturated rings. The maximum absolute atomic E-state index is 2.51. The molecule has 0 radical (unpaired) electrons.